The number of aryl methyl sites for hydroxylation is 2. The second-order valence-electron chi connectivity index (χ2n) is 6.61. The molecule has 4 heteroatoms. The molecule has 1 N–H and O–H groups in total. The molecule has 2 aromatic carbocycles. The van der Waals surface area contributed by atoms with Gasteiger partial charge in [0.05, 0.1) is 19.1 Å². The van der Waals surface area contributed by atoms with Crippen LogP contribution in [0.15, 0.2) is 36.4 Å². The molecule has 0 aliphatic carbocycles. The van der Waals surface area contributed by atoms with Crippen molar-refractivity contribution in [2.75, 3.05) is 7.11 Å². The minimum absolute atomic E-state index is 0.0124. The average Bonchev–Trinajstić information content (AvgIpc) is 2.54. The summed E-state index contributed by atoms with van der Waals surface area (Å²) in [4.78, 5) is 11.9. The van der Waals surface area contributed by atoms with Crippen LogP contribution in [0.4, 0.5) is 0 Å². The van der Waals surface area contributed by atoms with Gasteiger partial charge in [0.15, 0.2) is 11.5 Å². The summed E-state index contributed by atoms with van der Waals surface area (Å²) in [6, 6.07) is 11.5. The Morgan fingerprint density at radius 1 is 1.08 bits per heavy atom. The number of aliphatic carboxylic acids is 1. The molecule has 0 saturated carbocycles. The van der Waals surface area contributed by atoms with Crippen LogP contribution < -0.4 is 9.47 Å². The van der Waals surface area contributed by atoms with Crippen LogP contribution >= 0.6 is 0 Å². The van der Waals surface area contributed by atoms with Gasteiger partial charge in [0.2, 0.25) is 0 Å². The smallest absolute Gasteiger partial charge is 0.311 e. The summed E-state index contributed by atoms with van der Waals surface area (Å²) in [7, 11) is 1.60. The first-order valence-electron chi connectivity index (χ1n) is 8.45. The average molecular weight is 342 g/mol. The van der Waals surface area contributed by atoms with E-state index in [1.165, 1.54) is 0 Å². The van der Waals surface area contributed by atoms with Gasteiger partial charge in [-0.25, -0.2) is 0 Å². The minimum atomic E-state index is -0.823. The Kier molecular flexibility index (Phi) is 6.07. The number of carboxylic acid groups (broad SMARTS) is 1. The van der Waals surface area contributed by atoms with E-state index in [-0.39, 0.29) is 6.10 Å². The van der Waals surface area contributed by atoms with Crippen LogP contribution in [0.2, 0.25) is 0 Å². The predicted molar refractivity (Wildman–Crippen MR) is 98.8 cm³/mol. The summed E-state index contributed by atoms with van der Waals surface area (Å²) in [6.07, 6.45) is 0.413. The number of carboxylic acids is 1. The van der Waals surface area contributed by atoms with Crippen molar-refractivity contribution in [3.8, 4) is 11.5 Å². The second kappa shape index (κ2) is 8.06. The van der Waals surface area contributed by atoms with Crippen molar-refractivity contribution in [1.29, 1.82) is 0 Å². The van der Waals surface area contributed by atoms with Crippen molar-refractivity contribution >= 4 is 5.97 Å². The summed E-state index contributed by atoms with van der Waals surface area (Å²) in [5.41, 5.74) is 3.81. The van der Waals surface area contributed by atoms with Crippen molar-refractivity contribution in [1.82, 2.24) is 0 Å². The first-order valence-corrected chi connectivity index (χ1v) is 8.45. The van der Waals surface area contributed by atoms with Gasteiger partial charge < -0.3 is 14.6 Å². The number of methoxy groups -OCH3 is 1. The monoisotopic (exact) mass is 342 g/mol. The van der Waals surface area contributed by atoms with Gasteiger partial charge in [-0.1, -0.05) is 29.8 Å². The molecule has 0 heterocycles. The molecular formula is C21H26O4. The van der Waals surface area contributed by atoms with E-state index in [1.807, 2.05) is 64.1 Å². The lowest BCUT2D eigenvalue weighted by Gasteiger charge is -2.18. The van der Waals surface area contributed by atoms with E-state index in [9.17, 15) is 9.90 Å². The van der Waals surface area contributed by atoms with Crippen LogP contribution in [0.5, 0.6) is 11.5 Å². The molecule has 4 nitrogen and oxygen atoms in total. The third-order valence-corrected chi connectivity index (χ3v) is 4.14. The maximum Gasteiger partial charge on any atom is 0.311 e. The van der Waals surface area contributed by atoms with Gasteiger partial charge in [0.1, 0.15) is 0 Å². The summed E-state index contributed by atoms with van der Waals surface area (Å²) in [6.45, 7) is 7.82. The topological polar surface area (TPSA) is 55.8 Å². The number of hydrogen-bond acceptors (Lipinski definition) is 3. The van der Waals surface area contributed by atoms with Crippen LogP contribution in [0.3, 0.4) is 0 Å². The minimum Gasteiger partial charge on any atom is -0.493 e. The highest BCUT2D eigenvalue weighted by Gasteiger charge is 2.23. The molecule has 134 valence electrons. The summed E-state index contributed by atoms with van der Waals surface area (Å²) < 4.78 is 11.1. The number of rotatable bonds is 7. The van der Waals surface area contributed by atoms with E-state index in [1.54, 1.807) is 7.11 Å². The lowest BCUT2D eigenvalue weighted by molar-refractivity contribution is -0.138. The van der Waals surface area contributed by atoms with Crippen molar-refractivity contribution in [2.45, 2.75) is 46.1 Å². The molecule has 0 aromatic heterocycles. The van der Waals surface area contributed by atoms with Gasteiger partial charge in [0, 0.05) is 0 Å². The maximum atomic E-state index is 11.9. The van der Waals surface area contributed by atoms with Crippen LogP contribution in [-0.2, 0) is 11.2 Å². The highest BCUT2D eigenvalue weighted by atomic mass is 16.5. The Morgan fingerprint density at radius 2 is 1.80 bits per heavy atom. The van der Waals surface area contributed by atoms with Gasteiger partial charge in [0.25, 0.3) is 0 Å². The number of ether oxygens (including phenoxy) is 2. The van der Waals surface area contributed by atoms with Crippen molar-refractivity contribution in [3.05, 3.63) is 58.7 Å². The molecule has 1 atom stereocenters. The standard InChI is InChI=1S/C21H26O4/c1-13(2)25-20-12-16(8-9-19(20)24-5)11-18(21(22)23)17-10-14(3)6-7-15(17)4/h6-10,12-13,18H,11H2,1-5H3,(H,22,23). The van der Waals surface area contributed by atoms with Crippen LogP contribution in [0.25, 0.3) is 0 Å². The fraction of sp³-hybridized carbons (Fsp3) is 0.381. The van der Waals surface area contributed by atoms with Gasteiger partial charge >= 0.3 is 5.97 Å². The number of carbonyl (C=O) groups is 1. The third kappa shape index (κ3) is 4.75. The van der Waals surface area contributed by atoms with E-state index in [0.717, 1.165) is 22.3 Å². The molecule has 0 bridgehead atoms. The maximum absolute atomic E-state index is 11.9. The summed E-state index contributed by atoms with van der Waals surface area (Å²) in [5, 5.41) is 9.76. The van der Waals surface area contributed by atoms with Crippen LogP contribution in [0.1, 0.15) is 42.0 Å². The van der Waals surface area contributed by atoms with E-state index in [0.29, 0.717) is 17.9 Å². The fourth-order valence-electron chi connectivity index (χ4n) is 2.90. The van der Waals surface area contributed by atoms with Gasteiger partial charge in [-0.3, -0.25) is 4.79 Å². The first-order chi connectivity index (χ1) is 11.8. The predicted octanol–water partition coefficient (Wildman–Crippen LogP) is 4.51. The zero-order valence-corrected chi connectivity index (χ0v) is 15.5. The van der Waals surface area contributed by atoms with E-state index in [4.69, 9.17) is 9.47 Å². The molecule has 2 rings (SSSR count). The molecular weight excluding hydrogens is 316 g/mol. The molecule has 0 fully saturated rings. The Bertz CT molecular complexity index is 750. The zero-order chi connectivity index (χ0) is 18.6. The van der Waals surface area contributed by atoms with Crippen molar-refractivity contribution in [3.63, 3.8) is 0 Å². The normalized spacial score (nSPS) is 12.1. The summed E-state index contributed by atoms with van der Waals surface area (Å²) in [5.74, 6) is -0.132. The van der Waals surface area contributed by atoms with Gasteiger partial charge in [-0.2, -0.15) is 0 Å². The Labute approximate surface area is 149 Å². The Hall–Kier alpha value is -2.49. The van der Waals surface area contributed by atoms with Crippen molar-refractivity contribution in [2.24, 2.45) is 0 Å². The second-order valence-corrected chi connectivity index (χ2v) is 6.61. The van der Waals surface area contributed by atoms with E-state index < -0.39 is 11.9 Å². The van der Waals surface area contributed by atoms with Crippen LogP contribution in [-0.4, -0.2) is 24.3 Å². The molecule has 0 aliphatic rings. The van der Waals surface area contributed by atoms with E-state index >= 15 is 0 Å². The van der Waals surface area contributed by atoms with Crippen LogP contribution in [0, 0.1) is 13.8 Å². The number of hydrogen-bond donors (Lipinski definition) is 1. The van der Waals surface area contributed by atoms with Gasteiger partial charge in [-0.15, -0.1) is 0 Å². The Morgan fingerprint density at radius 3 is 2.40 bits per heavy atom. The highest BCUT2D eigenvalue weighted by molar-refractivity contribution is 5.77. The molecule has 0 radical (unpaired) electrons. The Balaban J connectivity index is 2.37. The van der Waals surface area contributed by atoms with Crippen molar-refractivity contribution < 1.29 is 19.4 Å². The highest BCUT2D eigenvalue weighted by Crippen LogP contribution is 2.32. The quantitative estimate of drug-likeness (QED) is 0.804. The summed E-state index contributed by atoms with van der Waals surface area (Å²) >= 11 is 0. The third-order valence-electron chi connectivity index (χ3n) is 4.14. The van der Waals surface area contributed by atoms with Gasteiger partial charge in [-0.05, 0) is 62.9 Å². The van der Waals surface area contributed by atoms with E-state index in [2.05, 4.69) is 0 Å². The molecule has 2 aromatic rings. The molecule has 0 spiro atoms. The molecule has 1 unspecified atom stereocenters. The lowest BCUT2D eigenvalue weighted by Crippen LogP contribution is -2.16. The first kappa shape index (κ1) is 18.8. The SMILES string of the molecule is COc1ccc(CC(C(=O)O)c2cc(C)ccc2C)cc1OC(C)C. The molecule has 25 heavy (non-hydrogen) atoms. The largest absolute Gasteiger partial charge is 0.493 e. The lowest BCUT2D eigenvalue weighted by atomic mass is 9.88. The number of benzene rings is 2. The molecule has 0 saturated heterocycles. The molecule has 0 amide bonds. The zero-order valence-electron chi connectivity index (χ0n) is 15.5. The molecule has 0 aliphatic heterocycles. The fourth-order valence-corrected chi connectivity index (χ4v) is 2.90.